The van der Waals surface area contributed by atoms with Gasteiger partial charge in [0.2, 0.25) is 5.91 Å². The molecule has 4 rings (SSSR count). The van der Waals surface area contributed by atoms with Crippen LogP contribution in [0, 0.1) is 20.8 Å². The van der Waals surface area contributed by atoms with Crippen molar-refractivity contribution in [3.8, 4) is 5.69 Å². The van der Waals surface area contributed by atoms with Gasteiger partial charge in [-0.3, -0.25) is 9.36 Å². The molecule has 7 heteroatoms. The number of nitrogens with zero attached hydrogens (tertiary/aromatic N) is 4. The first-order valence-corrected chi connectivity index (χ1v) is 11.4. The minimum absolute atomic E-state index is 0.0210. The highest BCUT2D eigenvalue weighted by Crippen LogP contribution is 2.24. The zero-order valence-corrected chi connectivity index (χ0v) is 18.9. The summed E-state index contributed by atoms with van der Waals surface area (Å²) in [6.07, 6.45) is 4.58. The van der Waals surface area contributed by atoms with Gasteiger partial charge >= 0.3 is 0 Å². The number of hydrogen-bond acceptors (Lipinski definition) is 4. The van der Waals surface area contributed by atoms with E-state index in [1.54, 1.807) is 6.20 Å². The monoisotopic (exact) mass is 433 g/mol. The van der Waals surface area contributed by atoms with E-state index in [9.17, 15) is 4.79 Å². The van der Waals surface area contributed by atoms with Crippen LogP contribution in [-0.4, -0.2) is 37.3 Å². The lowest BCUT2D eigenvalue weighted by molar-refractivity contribution is -0.118. The van der Waals surface area contributed by atoms with Crippen LogP contribution in [0.5, 0.6) is 0 Å². The number of aryl methyl sites for hydroxylation is 3. The summed E-state index contributed by atoms with van der Waals surface area (Å²) in [7, 11) is 0. The summed E-state index contributed by atoms with van der Waals surface area (Å²) in [4.78, 5) is 21.4. The van der Waals surface area contributed by atoms with Gasteiger partial charge in [0.05, 0.1) is 22.5 Å². The Balaban J connectivity index is 1.28. The summed E-state index contributed by atoms with van der Waals surface area (Å²) in [5, 5.41) is 3.85. The first-order chi connectivity index (χ1) is 15.0. The molecule has 4 aromatic rings. The first-order valence-electron chi connectivity index (χ1n) is 10.5. The second-order valence-corrected chi connectivity index (χ2v) is 8.53. The number of para-hydroxylation sites is 2. The lowest BCUT2D eigenvalue weighted by Crippen LogP contribution is -2.27. The van der Waals surface area contributed by atoms with Gasteiger partial charge in [-0.05, 0) is 56.5 Å². The molecule has 2 heterocycles. The molecular weight excluding hydrogens is 406 g/mol. The molecule has 2 aromatic carbocycles. The van der Waals surface area contributed by atoms with E-state index < -0.39 is 0 Å². The lowest BCUT2D eigenvalue weighted by atomic mass is 10.1. The van der Waals surface area contributed by atoms with Gasteiger partial charge in [-0.2, -0.15) is 0 Å². The van der Waals surface area contributed by atoms with Crippen LogP contribution in [-0.2, 0) is 11.3 Å². The van der Waals surface area contributed by atoms with E-state index in [2.05, 4.69) is 51.9 Å². The van der Waals surface area contributed by atoms with Crippen LogP contribution in [0.3, 0.4) is 0 Å². The Labute approximate surface area is 186 Å². The van der Waals surface area contributed by atoms with E-state index in [4.69, 9.17) is 0 Å². The Bertz CT molecular complexity index is 1210. The third-order valence-electron chi connectivity index (χ3n) is 5.50. The Morgan fingerprint density at radius 2 is 1.94 bits per heavy atom. The number of nitrogens with one attached hydrogen (secondary N) is 1. The fraction of sp³-hybridized carbons (Fsp3) is 0.292. The van der Waals surface area contributed by atoms with E-state index in [-0.39, 0.29) is 5.91 Å². The average Bonchev–Trinajstić information content (AvgIpc) is 3.35. The molecule has 0 spiro atoms. The first kappa shape index (κ1) is 21.2. The smallest absolute Gasteiger partial charge is 0.230 e. The summed E-state index contributed by atoms with van der Waals surface area (Å²) in [6.45, 7) is 7.70. The van der Waals surface area contributed by atoms with Crippen LogP contribution in [0.1, 0.15) is 23.4 Å². The number of hydrogen-bond donors (Lipinski definition) is 1. The molecule has 0 fully saturated rings. The number of benzene rings is 2. The summed E-state index contributed by atoms with van der Waals surface area (Å²) >= 11 is 1.46. The van der Waals surface area contributed by atoms with Crippen molar-refractivity contribution in [2.45, 2.75) is 38.9 Å². The van der Waals surface area contributed by atoms with Crippen molar-refractivity contribution in [1.29, 1.82) is 0 Å². The van der Waals surface area contributed by atoms with Crippen LogP contribution >= 0.6 is 11.8 Å². The van der Waals surface area contributed by atoms with E-state index >= 15 is 0 Å². The molecule has 31 heavy (non-hydrogen) atoms. The predicted molar refractivity (Wildman–Crippen MR) is 126 cm³/mol. The zero-order chi connectivity index (χ0) is 21.8. The second-order valence-electron chi connectivity index (χ2n) is 7.59. The molecule has 2 aromatic heterocycles. The zero-order valence-electron chi connectivity index (χ0n) is 18.1. The van der Waals surface area contributed by atoms with Crippen molar-refractivity contribution in [3.63, 3.8) is 0 Å². The summed E-state index contributed by atoms with van der Waals surface area (Å²) in [5.74, 6) is 1.36. The molecule has 0 saturated carbocycles. The number of fused-ring (bicyclic) bond motifs is 1. The number of rotatable bonds is 8. The maximum absolute atomic E-state index is 12.4. The standard InChI is InChI=1S/C24H27N5OS/c1-17-8-6-11-21(18(17)2)29-15-13-26-24(29)31-16-23(30)25-12-7-14-28-19(3)27-20-9-4-5-10-22(20)28/h4-6,8-11,13,15H,7,12,14,16H2,1-3H3,(H,25,30). The van der Waals surface area contributed by atoms with Crippen molar-refractivity contribution in [1.82, 2.24) is 24.4 Å². The van der Waals surface area contributed by atoms with Crippen LogP contribution in [0.4, 0.5) is 0 Å². The number of aromatic nitrogens is 4. The molecule has 0 aliphatic carbocycles. The second kappa shape index (κ2) is 9.39. The molecule has 0 aliphatic rings. The van der Waals surface area contributed by atoms with Gasteiger partial charge in [0, 0.05) is 25.5 Å². The Morgan fingerprint density at radius 1 is 1.10 bits per heavy atom. The van der Waals surface area contributed by atoms with Gasteiger partial charge in [-0.15, -0.1) is 0 Å². The van der Waals surface area contributed by atoms with Crippen LogP contribution < -0.4 is 5.32 Å². The van der Waals surface area contributed by atoms with Gasteiger partial charge in [-0.25, -0.2) is 9.97 Å². The normalized spacial score (nSPS) is 11.2. The molecule has 0 bridgehead atoms. The molecule has 0 aliphatic heterocycles. The van der Waals surface area contributed by atoms with E-state index in [0.717, 1.165) is 40.7 Å². The van der Waals surface area contributed by atoms with Crippen molar-refractivity contribution in [2.24, 2.45) is 0 Å². The minimum atomic E-state index is 0.0210. The Kier molecular flexibility index (Phi) is 6.42. The molecule has 0 saturated heterocycles. The molecule has 6 nitrogen and oxygen atoms in total. The van der Waals surface area contributed by atoms with Crippen molar-refractivity contribution in [2.75, 3.05) is 12.3 Å². The van der Waals surface area contributed by atoms with E-state index in [1.807, 2.05) is 42.0 Å². The maximum atomic E-state index is 12.4. The minimum Gasteiger partial charge on any atom is -0.355 e. The summed E-state index contributed by atoms with van der Waals surface area (Å²) in [5.41, 5.74) is 5.71. The SMILES string of the molecule is Cc1cccc(-n2ccnc2SCC(=O)NCCCn2c(C)nc3ccccc32)c1C. The third-order valence-corrected chi connectivity index (χ3v) is 6.47. The van der Waals surface area contributed by atoms with E-state index in [1.165, 1.54) is 22.9 Å². The van der Waals surface area contributed by atoms with Crippen molar-refractivity contribution >= 4 is 28.7 Å². The third kappa shape index (κ3) is 4.66. The van der Waals surface area contributed by atoms with Gasteiger partial charge < -0.3 is 9.88 Å². The predicted octanol–water partition coefficient (Wildman–Crippen LogP) is 4.45. The van der Waals surface area contributed by atoms with Gasteiger partial charge in [0.15, 0.2) is 5.16 Å². The van der Waals surface area contributed by atoms with Gasteiger partial charge in [-0.1, -0.05) is 36.0 Å². The molecule has 160 valence electrons. The fourth-order valence-electron chi connectivity index (χ4n) is 3.70. The Morgan fingerprint density at radius 3 is 2.81 bits per heavy atom. The maximum Gasteiger partial charge on any atom is 0.230 e. The topological polar surface area (TPSA) is 64.7 Å². The number of thioether (sulfide) groups is 1. The largest absolute Gasteiger partial charge is 0.355 e. The highest BCUT2D eigenvalue weighted by atomic mass is 32.2. The van der Waals surface area contributed by atoms with E-state index in [0.29, 0.717) is 12.3 Å². The average molecular weight is 434 g/mol. The van der Waals surface area contributed by atoms with Crippen molar-refractivity contribution < 1.29 is 4.79 Å². The molecular formula is C24H27N5OS. The lowest BCUT2D eigenvalue weighted by Gasteiger charge is -2.12. The molecule has 0 atom stereocenters. The highest BCUT2D eigenvalue weighted by Gasteiger charge is 2.11. The van der Waals surface area contributed by atoms with Gasteiger partial charge in [0.1, 0.15) is 5.82 Å². The van der Waals surface area contributed by atoms with Gasteiger partial charge in [0.25, 0.3) is 0 Å². The highest BCUT2D eigenvalue weighted by molar-refractivity contribution is 7.99. The summed E-state index contributed by atoms with van der Waals surface area (Å²) < 4.78 is 4.25. The van der Waals surface area contributed by atoms with Crippen LogP contribution in [0.2, 0.25) is 0 Å². The molecule has 1 N–H and O–H groups in total. The quantitative estimate of drug-likeness (QED) is 0.329. The number of carbonyl (C=O) groups is 1. The number of carbonyl (C=O) groups excluding carboxylic acids is 1. The molecule has 1 amide bonds. The van der Waals surface area contributed by atoms with Crippen LogP contribution in [0.25, 0.3) is 16.7 Å². The molecule has 0 unspecified atom stereocenters. The van der Waals surface area contributed by atoms with Crippen molar-refractivity contribution in [3.05, 3.63) is 71.8 Å². The van der Waals surface area contributed by atoms with Crippen LogP contribution in [0.15, 0.2) is 60.0 Å². The number of imidazole rings is 2. The fourth-order valence-corrected chi connectivity index (χ4v) is 4.50. The number of amides is 1. The summed E-state index contributed by atoms with van der Waals surface area (Å²) in [6, 6.07) is 14.4. The molecule has 0 radical (unpaired) electrons. The Hall–Kier alpha value is -3.06.